The molecule has 4 aromatic rings. The van der Waals surface area contributed by atoms with Crippen LogP contribution in [0.5, 0.6) is 0 Å². The summed E-state index contributed by atoms with van der Waals surface area (Å²) in [4.78, 5) is 32.7. The molecule has 4 heteroatoms. The fraction of sp³-hybridized carbons (Fsp3) is 0.242. The van der Waals surface area contributed by atoms with E-state index in [9.17, 15) is 9.59 Å². The number of benzene rings is 3. The van der Waals surface area contributed by atoms with Crippen molar-refractivity contribution >= 4 is 22.6 Å². The molecule has 0 bridgehead atoms. The number of nitrogens with zero attached hydrogens (tertiary/aromatic N) is 2. The maximum atomic E-state index is 13.4. The summed E-state index contributed by atoms with van der Waals surface area (Å²) >= 11 is 0. The topological polar surface area (TPSA) is 50.3 Å². The van der Waals surface area contributed by atoms with E-state index in [1.54, 1.807) is 6.20 Å². The van der Waals surface area contributed by atoms with E-state index in [2.05, 4.69) is 30.7 Å². The van der Waals surface area contributed by atoms with Crippen molar-refractivity contribution in [2.45, 2.75) is 39.5 Å². The van der Waals surface area contributed by atoms with Gasteiger partial charge in [0, 0.05) is 45.9 Å². The van der Waals surface area contributed by atoms with Crippen molar-refractivity contribution in [3.05, 3.63) is 101 Å². The Hall–Kier alpha value is -4.23. The minimum atomic E-state index is -0.201. The molecule has 1 unspecified atom stereocenters. The van der Waals surface area contributed by atoms with E-state index in [-0.39, 0.29) is 11.8 Å². The zero-order chi connectivity index (χ0) is 25.8. The number of imide groups is 1. The Morgan fingerprint density at radius 2 is 1.62 bits per heavy atom. The maximum absolute atomic E-state index is 13.4. The van der Waals surface area contributed by atoms with E-state index in [4.69, 9.17) is 0 Å². The van der Waals surface area contributed by atoms with Gasteiger partial charge >= 0.3 is 0 Å². The zero-order valence-electron chi connectivity index (χ0n) is 21.3. The third-order valence-electron chi connectivity index (χ3n) is 7.16. The highest BCUT2D eigenvalue weighted by Gasteiger charge is 2.34. The molecule has 0 saturated heterocycles. The van der Waals surface area contributed by atoms with Gasteiger partial charge in [0.2, 0.25) is 0 Å². The normalized spacial score (nSPS) is 13.4. The van der Waals surface area contributed by atoms with Crippen LogP contribution in [0, 0.1) is 17.8 Å². The molecular weight excluding hydrogens is 456 g/mol. The summed E-state index contributed by atoms with van der Waals surface area (Å²) in [6, 6.07) is 23.2. The van der Waals surface area contributed by atoms with Crippen molar-refractivity contribution in [2.75, 3.05) is 6.54 Å². The SMILES string of the molecule is CCCCC(CC)CN1C(=O)c2cccc3c(C#Cc4ccc(-c5ccccn5)cc4)ccc(c23)C1=O. The number of hydrogen-bond donors (Lipinski definition) is 0. The van der Waals surface area contributed by atoms with Gasteiger partial charge in [0.05, 0.1) is 5.69 Å². The van der Waals surface area contributed by atoms with Crippen LogP contribution >= 0.6 is 0 Å². The first-order chi connectivity index (χ1) is 18.1. The van der Waals surface area contributed by atoms with Gasteiger partial charge in [-0.05, 0) is 60.2 Å². The van der Waals surface area contributed by atoms with E-state index in [1.165, 1.54) is 4.90 Å². The van der Waals surface area contributed by atoms with Gasteiger partial charge in [0.1, 0.15) is 0 Å². The second-order valence-corrected chi connectivity index (χ2v) is 9.57. The molecule has 3 aromatic carbocycles. The molecule has 1 aromatic heterocycles. The summed E-state index contributed by atoms with van der Waals surface area (Å²) in [5.41, 5.74) is 4.81. The van der Waals surface area contributed by atoms with Gasteiger partial charge in [0.25, 0.3) is 11.8 Å². The van der Waals surface area contributed by atoms with Gasteiger partial charge in [0.15, 0.2) is 0 Å². The molecule has 37 heavy (non-hydrogen) atoms. The average Bonchev–Trinajstić information content (AvgIpc) is 2.95. The molecule has 0 saturated carbocycles. The number of unbranched alkanes of at least 4 members (excludes halogenated alkanes) is 1. The van der Waals surface area contributed by atoms with Gasteiger partial charge < -0.3 is 0 Å². The smallest absolute Gasteiger partial charge is 0.261 e. The summed E-state index contributed by atoms with van der Waals surface area (Å²) in [5, 5.41) is 1.56. The Morgan fingerprint density at radius 1 is 0.838 bits per heavy atom. The highest BCUT2D eigenvalue weighted by molar-refractivity contribution is 6.26. The molecule has 0 fully saturated rings. The fourth-order valence-electron chi connectivity index (χ4n) is 4.99. The second kappa shape index (κ2) is 10.8. The summed E-state index contributed by atoms with van der Waals surface area (Å²) < 4.78 is 0. The summed E-state index contributed by atoms with van der Waals surface area (Å²) in [6.07, 6.45) is 5.97. The molecule has 2 amide bonds. The van der Waals surface area contributed by atoms with Gasteiger partial charge in [-0.25, -0.2) is 0 Å². The third-order valence-corrected chi connectivity index (χ3v) is 7.16. The Kier molecular flexibility index (Phi) is 7.14. The molecule has 1 aliphatic rings. The van der Waals surface area contributed by atoms with Crippen molar-refractivity contribution in [3.8, 4) is 23.1 Å². The minimum Gasteiger partial charge on any atom is -0.274 e. The molecule has 5 rings (SSSR count). The van der Waals surface area contributed by atoms with Crippen LogP contribution < -0.4 is 0 Å². The van der Waals surface area contributed by atoms with Crippen LogP contribution in [0.1, 0.15) is 71.4 Å². The number of carbonyl (C=O) groups excluding carboxylic acids is 2. The van der Waals surface area contributed by atoms with Crippen molar-refractivity contribution < 1.29 is 9.59 Å². The van der Waals surface area contributed by atoms with Crippen LogP contribution in [0.15, 0.2) is 79.0 Å². The molecule has 2 heterocycles. The number of carbonyl (C=O) groups is 2. The van der Waals surface area contributed by atoms with Crippen LogP contribution in [0.4, 0.5) is 0 Å². The Morgan fingerprint density at radius 3 is 2.32 bits per heavy atom. The first kappa shape index (κ1) is 24.5. The highest BCUT2D eigenvalue weighted by atomic mass is 16.2. The lowest BCUT2D eigenvalue weighted by molar-refractivity contribution is 0.0580. The van der Waals surface area contributed by atoms with Crippen LogP contribution in [-0.2, 0) is 0 Å². The Bertz CT molecular complexity index is 1490. The second-order valence-electron chi connectivity index (χ2n) is 9.57. The molecule has 1 aliphatic heterocycles. The minimum absolute atomic E-state index is 0.201. The van der Waals surface area contributed by atoms with Crippen molar-refractivity contribution in [1.82, 2.24) is 9.88 Å². The van der Waals surface area contributed by atoms with Gasteiger partial charge in [-0.3, -0.25) is 19.5 Å². The summed E-state index contributed by atoms with van der Waals surface area (Å²) in [5.74, 6) is 6.43. The van der Waals surface area contributed by atoms with E-state index in [0.29, 0.717) is 29.0 Å². The molecule has 184 valence electrons. The largest absolute Gasteiger partial charge is 0.274 e. The van der Waals surface area contributed by atoms with Crippen LogP contribution in [0.25, 0.3) is 22.0 Å². The number of amides is 2. The molecular formula is C33H30N2O2. The van der Waals surface area contributed by atoms with E-state index in [0.717, 1.165) is 53.5 Å². The van der Waals surface area contributed by atoms with Gasteiger partial charge in [-0.2, -0.15) is 0 Å². The van der Waals surface area contributed by atoms with Crippen molar-refractivity contribution in [2.24, 2.45) is 5.92 Å². The quantitative estimate of drug-likeness (QED) is 0.207. The zero-order valence-corrected chi connectivity index (χ0v) is 21.3. The lowest BCUT2D eigenvalue weighted by Gasteiger charge is -2.30. The predicted octanol–water partition coefficient (Wildman–Crippen LogP) is 7.11. The number of hydrogen-bond acceptors (Lipinski definition) is 3. The van der Waals surface area contributed by atoms with Crippen LogP contribution in [-0.4, -0.2) is 28.2 Å². The first-order valence-corrected chi connectivity index (χ1v) is 13.1. The predicted molar refractivity (Wildman–Crippen MR) is 148 cm³/mol. The Balaban J connectivity index is 1.45. The van der Waals surface area contributed by atoms with E-state index < -0.39 is 0 Å². The number of aromatic nitrogens is 1. The summed E-state index contributed by atoms with van der Waals surface area (Å²) in [6.45, 7) is 4.77. The lowest BCUT2D eigenvalue weighted by atomic mass is 9.90. The average molecular weight is 487 g/mol. The van der Waals surface area contributed by atoms with Gasteiger partial charge in [-0.15, -0.1) is 0 Å². The lowest BCUT2D eigenvalue weighted by Crippen LogP contribution is -2.43. The van der Waals surface area contributed by atoms with E-state index in [1.807, 2.05) is 72.8 Å². The summed E-state index contributed by atoms with van der Waals surface area (Å²) in [7, 11) is 0. The van der Waals surface area contributed by atoms with Crippen LogP contribution in [0.2, 0.25) is 0 Å². The fourth-order valence-corrected chi connectivity index (χ4v) is 4.99. The molecule has 0 aliphatic carbocycles. The van der Waals surface area contributed by atoms with E-state index >= 15 is 0 Å². The Labute approximate surface area is 218 Å². The van der Waals surface area contributed by atoms with Gasteiger partial charge in [-0.1, -0.05) is 75.3 Å². The number of pyridine rings is 1. The third kappa shape index (κ3) is 4.90. The first-order valence-electron chi connectivity index (χ1n) is 13.1. The van der Waals surface area contributed by atoms with Crippen molar-refractivity contribution in [1.29, 1.82) is 0 Å². The maximum Gasteiger partial charge on any atom is 0.261 e. The highest BCUT2D eigenvalue weighted by Crippen LogP contribution is 2.33. The standard InChI is InChI=1S/C33H30N2O2/c1-3-5-9-23(4-2)22-35-32(36)28-11-8-10-27-25(19-20-29(31(27)28)33(35)37)16-13-24-14-17-26(18-15-24)30-12-6-7-21-34-30/h6-8,10-12,14-15,17-21,23H,3-5,9,22H2,1-2H3. The number of rotatable bonds is 7. The monoisotopic (exact) mass is 486 g/mol. The molecule has 1 atom stereocenters. The molecule has 0 spiro atoms. The molecule has 0 radical (unpaired) electrons. The van der Waals surface area contributed by atoms with Crippen molar-refractivity contribution in [3.63, 3.8) is 0 Å². The molecule has 0 N–H and O–H groups in total. The molecule has 4 nitrogen and oxygen atoms in total. The van der Waals surface area contributed by atoms with Crippen LogP contribution in [0.3, 0.4) is 0 Å².